The lowest BCUT2D eigenvalue weighted by atomic mass is 9.85. The van der Waals surface area contributed by atoms with Gasteiger partial charge >= 0.3 is 18.1 Å². The monoisotopic (exact) mass is 552 g/mol. The Morgan fingerprint density at radius 3 is 1.89 bits per heavy atom. The van der Waals surface area contributed by atoms with E-state index in [9.17, 15) is 31.2 Å². The molecule has 0 spiro atoms. The van der Waals surface area contributed by atoms with Gasteiger partial charge in [0.1, 0.15) is 35.0 Å². The van der Waals surface area contributed by atoms with Crippen molar-refractivity contribution in [1.29, 1.82) is 0 Å². The fourth-order valence-corrected chi connectivity index (χ4v) is 4.41. The standard InChI is InChI=1S/C24H30B3F3O7S/c1-23(2,3)16-4-5-17(18(8-16)22(32)36-19(24(28,29)30)12-38(33,34)35)21(31)37-20-14(10-26)6-13(9-25)7-15(20)11-27/h4-8,19H,9-12,25-27H2,1-3H3,(H,33,34,35). The van der Waals surface area contributed by atoms with E-state index in [2.05, 4.69) is 4.74 Å². The molecule has 0 aromatic heterocycles. The van der Waals surface area contributed by atoms with Crippen LogP contribution in [0.4, 0.5) is 13.2 Å². The molecule has 14 heteroatoms. The number of hydrogen-bond donors (Lipinski definition) is 1. The van der Waals surface area contributed by atoms with E-state index in [1.807, 2.05) is 35.7 Å². The highest BCUT2D eigenvalue weighted by Crippen LogP contribution is 2.31. The summed E-state index contributed by atoms with van der Waals surface area (Å²) in [4.78, 5) is 26.3. The number of esters is 2. The maximum absolute atomic E-state index is 13.4. The number of carbonyl (C=O) groups is 2. The molecule has 7 nitrogen and oxygen atoms in total. The second kappa shape index (κ2) is 12.0. The van der Waals surface area contributed by atoms with E-state index in [-0.39, 0.29) is 5.56 Å². The molecule has 0 fully saturated rings. The van der Waals surface area contributed by atoms with Crippen LogP contribution in [0.1, 0.15) is 63.7 Å². The number of halogens is 3. The third-order valence-corrected chi connectivity index (χ3v) is 6.69. The van der Waals surface area contributed by atoms with Gasteiger partial charge in [-0.1, -0.05) is 63.5 Å². The third kappa shape index (κ3) is 8.13. The largest absolute Gasteiger partial charge is 0.448 e. The highest BCUT2D eigenvalue weighted by atomic mass is 32.2. The predicted octanol–water partition coefficient (Wildman–Crippen LogP) is 1.58. The van der Waals surface area contributed by atoms with Crippen LogP contribution in [0.2, 0.25) is 0 Å². The molecule has 0 aliphatic carbocycles. The van der Waals surface area contributed by atoms with Gasteiger partial charge in [-0.2, -0.15) is 21.6 Å². The van der Waals surface area contributed by atoms with E-state index < -0.39 is 51.1 Å². The topological polar surface area (TPSA) is 107 Å². The van der Waals surface area contributed by atoms with E-state index in [4.69, 9.17) is 9.29 Å². The van der Waals surface area contributed by atoms with Crippen molar-refractivity contribution < 1.29 is 45.2 Å². The number of carbonyl (C=O) groups excluding carboxylic acids is 2. The van der Waals surface area contributed by atoms with Gasteiger partial charge in [0.2, 0.25) is 6.10 Å². The highest BCUT2D eigenvalue weighted by molar-refractivity contribution is 7.85. The fraction of sp³-hybridized carbons (Fsp3) is 0.417. The first-order chi connectivity index (χ1) is 17.4. The molecule has 0 aliphatic rings. The van der Waals surface area contributed by atoms with Gasteiger partial charge in [0.25, 0.3) is 10.1 Å². The molecule has 0 saturated heterocycles. The Morgan fingerprint density at radius 1 is 0.921 bits per heavy atom. The molecule has 0 saturated carbocycles. The molecule has 1 unspecified atom stereocenters. The summed E-state index contributed by atoms with van der Waals surface area (Å²) in [5.74, 6) is -4.13. The fourth-order valence-electron chi connectivity index (χ4n) is 3.77. The molecular weight excluding hydrogens is 522 g/mol. The van der Waals surface area contributed by atoms with Gasteiger partial charge in [0, 0.05) is 0 Å². The summed E-state index contributed by atoms with van der Waals surface area (Å²) in [6, 6.07) is 7.85. The quantitative estimate of drug-likeness (QED) is 0.218. The van der Waals surface area contributed by atoms with Gasteiger partial charge in [-0.05, 0) is 34.2 Å². The number of hydrogen-bond acceptors (Lipinski definition) is 6. The zero-order valence-corrected chi connectivity index (χ0v) is 23.0. The number of rotatable bonds is 9. The van der Waals surface area contributed by atoms with Crippen LogP contribution in [-0.2, 0) is 39.2 Å². The van der Waals surface area contributed by atoms with Crippen molar-refractivity contribution in [2.75, 3.05) is 5.75 Å². The third-order valence-electron chi connectivity index (χ3n) is 5.97. The maximum Gasteiger partial charge on any atom is 0.426 e. The number of ether oxygens (including phenoxy) is 2. The van der Waals surface area contributed by atoms with E-state index in [0.29, 0.717) is 24.0 Å². The van der Waals surface area contributed by atoms with Gasteiger partial charge in [-0.25, -0.2) is 9.59 Å². The second-order valence-electron chi connectivity index (χ2n) is 9.89. The molecule has 204 valence electrons. The molecule has 2 aromatic rings. The summed E-state index contributed by atoms with van der Waals surface area (Å²) in [6.45, 7) is 5.38. The van der Waals surface area contributed by atoms with Gasteiger partial charge in [0.05, 0.1) is 11.1 Å². The maximum atomic E-state index is 13.4. The van der Waals surface area contributed by atoms with Crippen molar-refractivity contribution in [2.24, 2.45) is 0 Å². The van der Waals surface area contributed by atoms with Crippen molar-refractivity contribution in [3.8, 4) is 5.75 Å². The van der Waals surface area contributed by atoms with Crippen molar-refractivity contribution in [1.82, 2.24) is 0 Å². The Morgan fingerprint density at radius 2 is 1.47 bits per heavy atom. The Balaban J connectivity index is 2.59. The normalized spacial score (nSPS) is 13.1. The molecule has 0 radical (unpaired) electrons. The van der Waals surface area contributed by atoms with E-state index in [0.717, 1.165) is 23.0 Å². The van der Waals surface area contributed by atoms with Crippen LogP contribution in [0.5, 0.6) is 5.75 Å². The average Bonchev–Trinajstić information content (AvgIpc) is 2.81. The van der Waals surface area contributed by atoms with Crippen LogP contribution < -0.4 is 4.74 Å². The smallest absolute Gasteiger partial charge is 0.426 e. The zero-order valence-electron chi connectivity index (χ0n) is 22.2. The highest BCUT2D eigenvalue weighted by Gasteiger charge is 2.46. The van der Waals surface area contributed by atoms with Crippen LogP contribution in [0.15, 0.2) is 30.3 Å². The number of benzene rings is 2. The first kappa shape index (κ1) is 31.5. The number of alkyl halides is 3. The minimum absolute atomic E-state index is 0.316. The zero-order chi connectivity index (χ0) is 29.1. The van der Waals surface area contributed by atoms with Crippen LogP contribution in [0.3, 0.4) is 0 Å². The van der Waals surface area contributed by atoms with Crippen molar-refractivity contribution in [3.63, 3.8) is 0 Å². The van der Waals surface area contributed by atoms with E-state index >= 15 is 0 Å². The van der Waals surface area contributed by atoms with Gasteiger partial charge in [0.15, 0.2) is 0 Å². The molecule has 1 atom stereocenters. The Labute approximate surface area is 223 Å². The Hall–Kier alpha value is -2.73. The lowest BCUT2D eigenvalue weighted by molar-refractivity contribution is -0.197. The molecule has 2 rings (SSSR count). The van der Waals surface area contributed by atoms with Crippen LogP contribution in [0, 0.1) is 0 Å². The average molecular weight is 552 g/mol. The summed E-state index contributed by atoms with van der Waals surface area (Å²) < 4.78 is 81.7. The van der Waals surface area contributed by atoms with Crippen LogP contribution in [-0.4, -0.2) is 66.5 Å². The predicted molar refractivity (Wildman–Crippen MR) is 145 cm³/mol. The minimum Gasteiger partial charge on any atom is -0.448 e. The molecule has 0 amide bonds. The SMILES string of the molecule is BCc1cc(CB)c(OC(=O)c2ccc(C(C)(C)C)cc2C(=O)OC(CS(=O)(=O)O)C(F)(F)F)c(CB)c1. The molecule has 0 aliphatic heterocycles. The van der Waals surface area contributed by atoms with Gasteiger partial charge in [-0.3, -0.25) is 4.55 Å². The molecular formula is C24H30B3F3O7S. The summed E-state index contributed by atoms with van der Waals surface area (Å²) in [5.41, 5.74) is 1.65. The summed E-state index contributed by atoms with van der Waals surface area (Å²) in [6.07, 6.45) is -6.58. The molecule has 0 bridgehead atoms. The minimum atomic E-state index is -5.29. The van der Waals surface area contributed by atoms with Crippen molar-refractivity contribution >= 4 is 45.6 Å². The molecule has 2 aromatic carbocycles. The van der Waals surface area contributed by atoms with E-state index in [1.165, 1.54) is 12.1 Å². The van der Waals surface area contributed by atoms with E-state index in [1.54, 1.807) is 26.8 Å². The Kier molecular flexibility index (Phi) is 9.93. The molecule has 0 heterocycles. The summed E-state index contributed by atoms with van der Waals surface area (Å²) in [5, 5.41) is 0. The van der Waals surface area contributed by atoms with Gasteiger partial charge < -0.3 is 9.47 Å². The van der Waals surface area contributed by atoms with Crippen molar-refractivity contribution in [2.45, 2.75) is 57.4 Å². The molecule has 1 N–H and O–H groups in total. The second-order valence-corrected chi connectivity index (χ2v) is 11.4. The van der Waals surface area contributed by atoms with Gasteiger partial charge in [-0.15, -0.1) is 0 Å². The van der Waals surface area contributed by atoms with Crippen LogP contribution >= 0.6 is 0 Å². The Bertz CT molecular complexity index is 1280. The molecule has 38 heavy (non-hydrogen) atoms. The summed E-state index contributed by atoms with van der Waals surface area (Å²) in [7, 11) is 0.624. The summed E-state index contributed by atoms with van der Waals surface area (Å²) >= 11 is 0. The lowest BCUT2D eigenvalue weighted by Crippen LogP contribution is -2.39. The first-order valence-electron chi connectivity index (χ1n) is 12.1. The first-order valence-corrected chi connectivity index (χ1v) is 13.8. The van der Waals surface area contributed by atoms with Crippen LogP contribution in [0.25, 0.3) is 0 Å². The van der Waals surface area contributed by atoms with Crippen molar-refractivity contribution in [3.05, 3.63) is 63.7 Å². The lowest BCUT2D eigenvalue weighted by Gasteiger charge is -2.23.